The van der Waals surface area contributed by atoms with Crippen molar-refractivity contribution < 1.29 is 17.5 Å². The molecule has 2 heterocycles. The van der Waals surface area contributed by atoms with Gasteiger partial charge >= 0.3 is 0 Å². The van der Waals surface area contributed by atoms with Crippen molar-refractivity contribution in [3.05, 3.63) is 116 Å². The van der Waals surface area contributed by atoms with Gasteiger partial charge in [0.1, 0.15) is 22.4 Å². The first-order chi connectivity index (χ1) is 16.3. The van der Waals surface area contributed by atoms with Crippen LogP contribution in [-0.4, -0.2) is 8.42 Å². The number of anilines is 1. The van der Waals surface area contributed by atoms with Crippen LogP contribution in [0.1, 0.15) is 22.6 Å². The lowest BCUT2D eigenvalue weighted by molar-refractivity contribution is 0.357. The van der Waals surface area contributed by atoms with Gasteiger partial charge in [0.25, 0.3) is 10.0 Å². The Morgan fingerprint density at radius 3 is 2.53 bits per heavy atom. The summed E-state index contributed by atoms with van der Waals surface area (Å²) in [4.78, 5) is -0.218. The van der Waals surface area contributed by atoms with Gasteiger partial charge in [0, 0.05) is 15.6 Å². The van der Waals surface area contributed by atoms with Gasteiger partial charge in [-0.25, -0.2) is 12.8 Å². The number of benzene rings is 3. The van der Waals surface area contributed by atoms with Crippen LogP contribution in [0.3, 0.4) is 0 Å². The Morgan fingerprint density at radius 1 is 1.09 bits per heavy atom. The monoisotopic (exact) mass is 537 g/mol. The Labute approximate surface area is 204 Å². The van der Waals surface area contributed by atoms with Crippen LogP contribution in [0.2, 0.25) is 0 Å². The van der Waals surface area contributed by atoms with E-state index in [9.17, 15) is 13.7 Å². The molecular formula is C25H17BrFN3O3S. The van der Waals surface area contributed by atoms with Crippen molar-refractivity contribution in [1.82, 2.24) is 0 Å². The molecule has 0 bridgehead atoms. The summed E-state index contributed by atoms with van der Waals surface area (Å²) < 4.78 is 50.9. The van der Waals surface area contributed by atoms with Gasteiger partial charge in [-0.15, -0.1) is 0 Å². The highest BCUT2D eigenvalue weighted by Crippen LogP contribution is 2.51. The quantitative estimate of drug-likeness (QED) is 0.500. The van der Waals surface area contributed by atoms with E-state index in [0.717, 1.165) is 5.56 Å². The molecule has 2 N–H and O–H groups in total. The third kappa shape index (κ3) is 3.47. The van der Waals surface area contributed by atoms with Gasteiger partial charge in [0.05, 0.1) is 18.2 Å². The Kier molecular flexibility index (Phi) is 5.42. The number of hydrogen-bond donors (Lipinski definition) is 1. The topological polar surface area (TPSA) is 96.4 Å². The van der Waals surface area contributed by atoms with Gasteiger partial charge in [-0.3, -0.25) is 4.31 Å². The molecular weight excluding hydrogens is 521 g/mol. The Hall–Kier alpha value is -3.61. The van der Waals surface area contributed by atoms with Crippen LogP contribution in [0, 0.1) is 17.1 Å². The molecule has 9 heteroatoms. The predicted molar refractivity (Wildman–Crippen MR) is 130 cm³/mol. The van der Waals surface area contributed by atoms with E-state index in [0.29, 0.717) is 15.7 Å². The molecule has 170 valence electrons. The molecule has 0 amide bonds. The third-order valence-electron chi connectivity index (χ3n) is 5.80. The summed E-state index contributed by atoms with van der Waals surface area (Å²) in [6.07, 6.45) is 0. The van der Waals surface area contributed by atoms with Gasteiger partial charge in [-0.1, -0.05) is 58.4 Å². The normalized spacial score (nSPS) is 18.6. The van der Waals surface area contributed by atoms with Crippen LogP contribution in [0.4, 0.5) is 10.1 Å². The molecule has 3 aromatic carbocycles. The standard InChI is InChI=1S/C25H17BrFN3O3S/c26-16-10-11-20(27)18(12-16)22-19(13-28)25(29)33-23-17-8-4-5-9-21(17)30(34(31,32)24(22)23)14-15-6-2-1-3-7-15/h1-12,22H,14,29H2/t22-/m1/s1. The van der Waals surface area contributed by atoms with Crippen LogP contribution in [0.15, 0.2) is 93.6 Å². The number of hydrogen-bond acceptors (Lipinski definition) is 5. The second-order valence-corrected chi connectivity index (χ2v) is 10.5. The number of rotatable bonds is 3. The van der Waals surface area contributed by atoms with E-state index in [1.807, 2.05) is 36.4 Å². The molecule has 0 unspecified atom stereocenters. The van der Waals surface area contributed by atoms with E-state index in [-0.39, 0.29) is 34.2 Å². The minimum Gasteiger partial charge on any atom is -0.439 e. The van der Waals surface area contributed by atoms with Gasteiger partial charge in [-0.2, -0.15) is 5.26 Å². The van der Waals surface area contributed by atoms with E-state index in [4.69, 9.17) is 10.5 Å². The van der Waals surface area contributed by atoms with Crippen LogP contribution >= 0.6 is 15.9 Å². The number of nitrogens with zero attached hydrogens (tertiary/aromatic N) is 2. The van der Waals surface area contributed by atoms with E-state index in [1.54, 1.807) is 24.3 Å². The van der Waals surface area contributed by atoms with Gasteiger partial charge in [0.15, 0.2) is 5.76 Å². The molecule has 3 aromatic rings. The zero-order chi connectivity index (χ0) is 24.0. The number of halogens is 2. The maximum atomic E-state index is 15.1. The summed E-state index contributed by atoms with van der Waals surface area (Å²) in [7, 11) is -4.26. The van der Waals surface area contributed by atoms with E-state index < -0.39 is 21.8 Å². The molecule has 1 atom stereocenters. The highest BCUT2D eigenvalue weighted by molar-refractivity contribution is 9.10. The first-order valence-corrected chi connectivity index (χ1v) is 12.5. The average molecular weight is 538 g/mol. The molecule has 2 aliphatic heterocycles. The van der Waals surface area contributed by atoms with Gasteiger partial charge in [-0.05, 0) is 35.9 Å². The largest absolute Gasteiger partial charge is 0.439 e. The summed E-state index contributed by atoms with van der Waals surface area (Å²) in [5.74, 6) is -2.19. The Balaban J connectivity index is 1.80. The number of ether oxygens (including phenoxy) is 1. The summed E-state index contributed by atoms with van der Waals surface area (Å²) in [5, 5.41) is 9.88. The summed E-state index contributed by atoms with van der Waals surface area (Å²) in [6.45, 7) is 0.0474. The zero-order valence-electron chi connectivity index (χ0n) is 17.6. The fraction of sp³-hybridized carbons (Fsp3) is 0.0800. The van der Waals surface area contributed by atoms with E-state index in [2.05, 4.69) is 15.9 Å². The van der Waals surface area contributed by atoms with Crippen LogP contribution in [-0.2, 0) is 21.3 Å². The van der Waals surface area contributed by atoms with E-state index in [1.165, 1.54) is 22.5 Å². The molecule has 0 radical (unpaired) electrons. The fourth-order valence-corrected chi connectivity index (χ4v) is 6.56. The van der Waals surface area contributed by atoms with Crippen molar-refractivity contribution >= 4 is 37.4 Å². The van der Waals surface area contributed by atoms with Crippen molar-refractivity contribution in [1.29, 1.82) is 5.26 Å². The van der Waals surface area contributed by atoms with E-state index >= 15 is 4.39 Å². The second kappa shape index (κ2) is 8.31. The predicted octanol–water partition coefficient (Wildman–Crippen LogP) is 5.11. The van der Waals surface area contributed by atoms with Crippen molar-refractivity contribution in [2.75, 3.05) is 4.31 Å². The lowest BCUT2D eigenvalue weighted by Crippen LogP contribution is -2.39. The first-order valence-electron chi connectivity index (χ1n) is 10.3. The number of nitrogens with two attached hydrogens (primary N) is 1. The molecule has 5 rings (SSSR count). The molecule has 6 nitrogen and oxygen atoms in total. The summed E-state index contributed by atoms with van der Waals surface area (Å²) >= 11 is 3.31. The van der Waals surface area contributed by atoms with Crippen molar-refractivity contribution in [3.8, 4) is 6.07 Å². The number of allylic oxidation sites excluding steroid dienone is 2. The smallest absolute Gasteiger partial charge is 0.265 e. The van der Waals surface area contributed by atoms with Gasteiger partial charge in [0.2, 0.25) is 5.88 Å². The van der Waals surface area contributed by atoms with Crippen LogP contribution < -0.4 is 10.0 Å². The van der Waals surface area contributed by atoms with Crippen molar-refractivity contribution in [3.63, 3.8) is 0 Å². The molecule has 0 aliphatic carbocycles. The zero-order valence-corrected chi connectivity index (χ0v) is 20.0. The number of sulfonamides is 1. The highest BCUT2D eigenvalue weighted by Gasteiger charge is 2.47. The minimum absolute atomic E-state index is 0.000729. The SMILES string of the molecule is N#CC1=C(N)OC2=C([C@@H]1c1cc(Br)ccc1F)S(=O)(=O)N(Cc1ccccc1)c1ccccc12. The number of fused-ring (bicyclic) bond motifs is 2. The molecule has 0 saturated heterocycles. The number of para-hydroxylation sites is 1. The third-order valence-corrected chi connectivity index (χ3v) is 8.17. The maximum Gasteiger partial charge on any atom is 0.265 e. The molecule has 0 saturated carbocycles. The molecule has 2 aliphatic rings. The van der Waals surface area contributed by atoms with Crippen LogP contribution in [0.5, 0.6) is 0 Å². The molecule has 0 aromatic heterocycles. The lowest BCUT2D eigenvalue weighted by Gasteiger charge is -2.38. The summed E-state index contributed by atoms with van der Waals surface area (Å²) in [6, 6.07) is 22.1. The Bertz CT molecular complexity index is 1530. The minimum atomic E-state index is -4.26. The molecule has 34 heavy (non-hydrogen) atoms. The van der Waals surface area contributed by atoms with Crippen molar-refractivity contribution in [2.24, 2.45) is 5.73 Å². The second-order valence-electron chi connectivity index (χ2n) is 7.80. The van der Waals surface area contributed by atoms with Crippen LogP contribution in [0.25, 0.3) is 5.76 Å². The maximum absolute atomic E-state index is 15.1. The number of nitriles is 1. The molecule has 0 fully saturated rings. The average Bonchev–Trinajstić information content (AvgIpc) is 2.83. The fourth-order valence-electron chi connectivity index (χ4n) is 4.28. The first kappa shape index (κ1) is 22.2. The highest BCUT2D eigenvalue weighted by atomic mass is 79.9. The van der Waals surface area contributed by atoms with Gasteiger partial charge < -0.3 is 10.5 Å². The summed E-state index contributed by atoms with van der Waals surface area (Å²) in [5.41, 5.74) is 7.58. The lowest BCUT2D eigenvalue weighted by atomic mass is 9.88. The molecule has 0 spiro atoms. The Morgan fingerprint density at radius 2 is 1.79 bits per heavy atom. The van der Waals surface area contributed by atoms with Crippen molar-refractivity contribution in [2.45, 2.75) is 12.5 Å².